The molecule has 1 unspecified atom stereocenters. The summed E-state index contributed by atoms with van der Waals surface area (Å²) < 4.78 is 7.59. The van der Waals surface area contributed by atoms with E-state index in [9.17, 15) is 0 Å². The summed E-state index contributed by atoms with van der Waals surface area (Å²) in [6, 6.07) is 2.30. The van der Waals surface area contributed by atoms with Crippen LogP contribution in [0.5, 0.6) is 5.75 Å². The Labute approximate surface area is 120 Å². The normalized spacial score (nSPS) is 12.4. The first-order chi connectivity index (χ1) is 9.51. The van der Waals surface area contributed by atoms with Crippen molar-refractivity contribution in [3.63, 3.8) is 0 Å². The molecule has 0 aliphatic rings. The number of pyridine rings is 1. The Hall–Kier alpha value is -1.81. The number of hydrogen-bond acceptors (Lipinski definition) is 3. The van der Waals surface area contributed by atoms with Crippen molar-refractivity contribution in [3.8, 4) is 5.75 Å². The maximum atomic E-state index is 5.83. The number of aryl methyl sites for hydroxylation is 1. The molecule has 0 aliphatic heterocycles. The van der Waals surface area contributed by atoms with Crippen LogP contribution in [0.4, 0.5) is 0 Å². The predicted octanol–water partition coefficient (Wildman–Crippen LogP) is 2.45. The molecule has 108 valence electrons. The first-order valence-electron chi connectivity index (χ1n) is 6.90. The standard InChI is InChI=1S/C16H23N3O/c1-11-8-18-15(13(3)16(11)20-4)10-19-6-5-14(9-19)7-12(2)17/h5-6,8-9,12H,7,10,17H2,1-4H3. The third-order valence-corrected chi connectivity index (χ3v) is 3.45. The third kappa shape index (κ3) is 3.20. The number of methoxy groups -OCH3 is 1. The quantitative estimate of drug-likeness (QED) is 0.910. The highest BCUT2D eigenvalue weighted by Gasteiger charge is 2.10. The number of nitrogens with zero attached hydrogens (tertiary/aromatic N) is 2. The van der Waals surface area contributed by atoms with E-state index in [1.807, 2.05) is 20.0 Å². The van der Waals surface area contributed by atoms with Crippen LogP contribution in [0.1, 0.15) is 29.3 Å². The molecule has 2 heterocycles. The van der Waals surface area contributed by atoms with E-state index in [0.717, 1.165) is 35.5 Å². The van der Waals surface area contributed by atoms with Crippen LogP contribution in [0.2, 0.25) is 0 Å². The SMILES string of the molecule is COc1c(C)cnc(Cn2ccc(CC(C)N)c2)c1C. The van der Waals surface area contributed by atoms with Crippen molar-refractivity contribution in [2.45, 2.75) is 39.8 Å². The molecule has 0 bridgehead atoms. The molecule has 2 rings (SSSR count). The number of aromatic nitrogens is 2. The molecule has 0 fully saturated rings. The summed E-state index contributed by atoms with van der Waals surface area (Å²) in [4.78, 5) is 4.53. The van der Waals surface area contributed by atoms with Crippen LogP contribution in [0.25, 0.3) is 0 Å². The minimum Gasteiger partial charge on any atom is -0.496 e. The van der Waals surface area contributed by atoms with Gasteiger partial charge in [-0.3, -0.25) is 4.98 Å². The van der Waals surface area contributed by atoms with E-state index in [2.05, 4.69) is 34.9 Å². The largest absolute Gasteiger partial charge is 0.496 e. The van der Waals surface area contributed by atoms with E-state index in [0.29, 0.717) is 0 Å². The van der Waals surface area contributed by atoms with Gasteiger partial charge in [0.2, 0.25) is 0 Å². The molecule has 0 saturated carbocycles. The zero-order valence-electron chi connectivity index (χ0n) is 12.7. The van der Waals surface area contributed by atoms with Gasteiger partial charge in [0.1, 0.15) is 5.75 Å². The van der Waals surface area contributed by atoms with Crippen LogP contribution in [-0.2, 0) is 13.0 Å². The maximum Gasteiger partial charge on any atom is 0.128 e. The minimum absolute atomic E-state index is 0.185. The van der Waals surface area contributed by atoms with Crippen molar-refractivity contribution in [3.05, 3.63) is 47.0 Å². The van der Waals surface area contributed by atoms with Crippen LogP contribution in [0.15, 0.2) is 24.7 Å². The number of ether oxygens (including phenoxy) is 1. The van der Waals surface area contributed by atoms with E-state index < -0.39 is 0 Å². The number of rotatable bonds is 5. The fourth-order valence-electron chi connectivity index (χ4n) is 2.48. The van der Waals surface area contributed by atoms with Gasteiger partial charge in [-0.05, 0) is 38.8 Å². The van der Waals surface area contributed by atoms with Crippen LogP contribution in [0, 0.1) is 13.8 Å². The second kappa shape index (κ2) is 6.09. The Morgan fingerprint density at radius 3 is 2.80 bits per heavy atom. The molecule has 4 nitrogen and oxygen atoms in total. The first kappa shape index (κ1) is 14.6. The Morgan fingerprint density at radius 2 is 2.15 bits per heavy atom. The molecule has 2 aromatic rings. The monoisotopic (exact) mass is 273 g/mol. The van der Waals surface area contributed by atoms with Gasteiger partial charge in [-0.1, -0.05) is 0 Å². The number of nitrogens with two attached hydrogens (primary N) is 1. The average Bonchev–Trinajstić information content (AvgIpc) is 2.80. The zero-order chi connectivity index (χ0) is 14.7. The molecule has 0 spiro atoms. The van der Waals surface area contributed by atoms with Gasteiger partial charge in [0, 0.05) is 35.8 Å². The summed E-state index contributed by atoms with van der Waals surface area (Å²) in [5, 5.41) is 0. The van der Waals surface area contributed by atoms with Crippen LogP contribution in [-0.4, -0.2) is 22.7 Å². The van der Waals surface area contributed by atoms with Crippen molar-refractivity contribution in [2.75, 3.05) is 7.11 Å². The summed E-state index contributed by atoms with van der Waals surface area (Å²) in [6.07, 6.45) is 6.98. The smallest absolute Gasteiger partial charge is 0.128 e. The van der Waals surface area contributed by atoms with Crippen LogP contribution < -0.4 is 10.5 Å². The average molecular weight is 273 g/mol. The van der Waals surface area contributed by atoms with Crippen molar-refractivity contribution in [1.29, 1.82) is 0 Å². The molecular weight excluding hydrogens is 250 g/mol. The van der Waals surface area contributed by atoms with E-state index >= 15 is 0 Å². The van der Waals surface area contributed by atoms with E-state index in [4.69, 9.17) is 10.5 Å². The minimum atomic E-state index is 0.185. The Balaban J connectivity index is 2.20. The van der Waals surface area contributed by atoms with Crippen molar-refractivity contribution in [1.82, 2.24) is 9.55 Å². The molecule has 0 saturated heterocycles. The van der Waals surface area contributed by atoms with Crippen molar-refractivity contribution >= 4 is 0 Å². The van der Waals surface area contributed by atoms with E-state index in [1.165, 1.54) is 5.56 Å². The Morgan fingerprint density at radius 1 is 1.40 bits per heavy atom. The molecule has 2 aromatic heterocycles. The lowest BCUT2D eigenvalue weighted by atomic mass is 10.1. The Bertz CT molecular complexity index is 587. The molecule has 1 atom stereocenters. The molecule has 2 N–H and O–H groups in total. The lowest BCUT2D eigenvalue weighted by Gasteiger charge is -2.12. The summed E-state index contributed by atoms with van der Waals surface area (Å²) in [5.41, 5.74) is 10.3. The summed E-state index contributed by atoms with van der Waals surface area (Å²) in [5.74, 6) is 0.929. The molecule has 0 aliphatic carbocycles. The van der Waals surface area contributed by atoms with Gasteiger partial charge >= 0.3 is 0 Å². The topological polar surface area (TPSA) is 53.1 Å². The van der Waals surface area contributed by atoms with Crippen LogP contribution in [0.3, 0.4) is 0 Å². The molecule has 0 radical (unpaired) electrons. The van der Waals surface area contributed by atoms with Gasteiger partial charge in [0.25, 0.3) is 0 Å². The van der Waals surface area contributed by atoms with Gasteiger partial charge < -0.3 is 15.0 Å². The summed E-state index contributed by atoms with van der Waals surface area (Å²) in [7, 11) is 1.70. The predicted molar refractivity (Wildman–Crippen MR) is 81.2 cm³/mol. The molecule has 0 amide bonds. The third-order valence-electron chi connectivity index (χ3n) is 3.45. The second-order valence-electron chi connectivity index (χ2n) is 5.42. The van der Waals surface area contributed by atoms with Crippen LogP contribution >= 0.6 is 0 Å². The van der Waals surface area contributed by atoms with Crippen molar-refractivity contribution < 1.29 is 4.74 Å². The van der Waals surface area contributed by atoms with E-state index in [-0.39, 0.29) is 6.04 Å². The lowest BCUT2D eigenvalue weighted by Crippen LogP contribution is -2.17. The molecular formula is C16H23N3O. The summed E-state index contributed by atoms with van der Waals surface area (Å²) in [6.45, 7) is 6.84. The molecule has 20 heavy (non-hydrogen) atoms. The molecule has 0 aromatic carbocycles. The maximum absolute atomic E-state index is 5.83. The van der Waals surface area contributed by atoms with Gasteiger partial charge in [-0.15, -0.1) is 0 Å². The lowest BCUT2D eigenvalue weighted by molar-refractivity contribution is 0.406. The van der Waals surface area contributed by atoms with Gasteiger partial charge in [0.05, 0.1) is 19.3 Å². The molecule has 4 heteroatoms. The zero-order valence-corrected chi connectivity index (χ0v) is 12.7. The van der Waals surface area contributed by atoms with E-state index in [1.54, 1.807) is 7.11 Å². The highest BCUT2D eigenvalue weighted by atomic mass is 16.5. The van der Waals surface area contributed by atoms with Gasteiger partial charge in [0.15, 0.2) is 0 Å². The van der Waals surface area contributed by atoms with Crippen molar-refractivity contribution in [2.24, 2.45) is 5.73 Å². The first-order valence-corrected chi connectivity index (χ1v) is 6.90. The fourth-order valence-corrected chi connectivity index (χ4v) is 2.48. The fraction of sp³-hybridized carbons (Fsp3) is 0.438. The highest BCUT2D eigenvalue weighted by Crippen LogP contribution is 2.24. The summed E-state index contributed by atoms with van der Waals surface area (Å²) >= 11 is 0. The second-order valence-corrected chi connectivity index (χ2v) is 5.42. The highest BCUT2D eigenvalue weighted by molar-refractivity contribution is 5.41. The van der Waals surface area contributed by atoms with Gasteiger partial charge in [-0.2, -0.15) is 0 Å². The Kier molecular flexibility index (Phi) is 4.45. The van der Waals surface area contributed by atoms with Gasteiger partial charge in [-0.25, -0.2) is 0 Å². The number of hydrogen-bond donors (Lipinski definition) is 1.